The largest absolute Gasteiger partial charge is 0.369 e. The van der Waals surface area contributed by atoms with Gasteiger partial charge in [0.15, 0.2) is 0 Å². The van der Waals surface area contributed by atoms with Crippen LogP contribution in [0.2, 0.25) is 0 Å². The molecule has 0 aliphatic heterocycles. The van der Waals surface area contributed by atoms with Gasteiger partial charge in [-0.25, -0.2) is 4.98 Å². The zero-order valence-electron chi connectivity index (χ0n) is 14.8. The Kier molecular flexibility index (Phi) is 5.93. The van der Waals surface area contributed by atoms with Crippen molar-refractivity contribution in [2.24, 2.45) is 0 Å². The Morgan fingerprint density at radius 1 is 1.04 bits per heavy atom. The molecule has 0 saturated carbocycles. The van der Waals surface area contributed by atoms with Gasteiger partial charge in [0.1, 0.15) is 5.82 Å². The van der Waals surface area contributed by atoms with Crippen molar-refractivity contribution < 1.29 is 4.79 Å². The fourth-order valence-corrected chi connectivity index (χ4v) is 2.70. The molecule has 132 valence electrons. The van der Waals surface area contributed by atoms with Crippen LogP contribution in [0.25, 0.3) is 11.3 Å². The van der Waals surface area contributed by atoms with E-state index in [2.05, 4.69) is 44.9 Å². The van der Waals surface area contributed by atoms with Gasteiger partial charge in [-0.15, -0.1) is 0 Å². The molecule has 3 aromatic rings. The molecule has 3 rings (SSSR count). The van der Waals surface area contributed by atoms with Crippen LogP contribution in [0.3, 0.4) is 0 Å². The Hall–Kier alpha value is -3.21. The summed E-state index contributed by atoms with van der Waals surface area (Å²) in [6, 6.07) is 18.0. The number of carbonyl (C=O) groups is 1. The number of carbonyl (C=O) groups excluding carboxylic acids is 1. The quantitative estimate of drug-likeness (QED) is 0.631. The standard InChI is InChI=1S/C21H22N4O/c1-16(26)24-19-11-5-10-18(13-19)20-14-22-15-21(25-20)23-12-6-9-17-7-3-2-4-8-17/h2-5,7-8,10-11,13-15H,6,9,12H2,1H3,(H,23,25)(H,24,26). The van der Waals surface area contributed by atoms with E-state index in [1.54, 1.807) is 12.4 Å². The number of benzene rings is 2. The van der Waals surface area contributed by atoms with Crippen LogP contribution >= 0.6 is 0 Å². The zero-order chi connectivity index (χ0) is 18.2. The van der Waals surface area contributed by atoms with Gasteiger partial charge in [0, 0.05) is 24.7 Å². The van der Waals surface area contributed by atoms with Crippen molar-refractivity contribution in [3.8, 4) is 11.3 Å². The van der Waals surface area contributed by atoms with Crippen molar-refractivity contribution in [2.75, 3.05) is 17.2 Å². The van der Waals surface area contributed by atoms with E-state index >= 15 is 0 Å². The number of rotatable bonds is 7. The van der Waals surface area contributed by atoms with Crippen LogP contribution in [0.1, 0.15) is 18.9 Å². The molecule has 1 aromatic heterocycles. The van der Waals surface area contributed by atoms with Gasteiger partial charge in [0.25, 0.3) is 0 Å². The lowest BCUT2D eigenvalue weighted by Gasteiger charge is -2.08. The summed E-state index contributed by atoms with van der Waals surface area (Å²) in [7, 11) is 0. The van der Waals surface area contributed by atoms with E-state index < -0.39 is 0 Å². The van der Waals surface area contributed by atoms with E-state index in [0.29, 0.717) is 0 Å². The average Bonchev–Trinajstić information content (AvgIpc) is 2.66. The van der Waals surface area contributed by atoms with E-state index in [4.69, 9.17) is 0 Å². The highest BCUT2D eigenvalue weighted by molar-refractivity contribution is 5.89. The zero-order valence-corrected chi connectivity index (χ0v) is 14.8. The third-order valence-corrected chi connectivity index (χ3v) is 3.90. The molecule has 0 aliphatic carbocycles. The van der Waals surface area contributed by atoms with E-state index in [9.17, 15) is 4.79 Å². The van der Waals surface area contributed by atoms with Crippen LogP contribution in [-0.2, 0) is 11.2 Å². The number of aromatic nitrogens is 2. The third-order valence-electron chi connectivity index (χ3n) is 3.90. The van der Waals surface area contributed by atoms with E-state index in [-0.39, 0.29) is 5.91 Å². The molecule has 5 heteroatoms. The molecule has 26 heavy (non-hydrogen) atoms. The summed E-state index contributed by atoms with van der Waals surface area (Å²) >= 11 is 0. The summed E-state index contributed by atoms with van der Waals surface area (Å²) in [5, 5.41) is 6.11. The fraction of sp³-hybridized carbons (Fsp3) is 0.190. The number of nitrogens with one attached hydrogen (secondary N) is 2. The molecule has 0 atom stereocenters. The Labute approximate surface area is 153 Å². The SMILES string of the molecule is CC(=O)Nc1cccc(-c2cncc(NCCCc3ccccc3)n2)c1. The van der Waals surface area contributed by atoms with Crippen molar-refractivity contribution in [1.82, 2.24) is 9.97 Å². The molecule has 0 bridgehead atoms. The lowest BCUT2D eigenvalue weighted by molar-refractivity contribution is -0.114. The van der Waals surface area contributed by atoms with Gasteiger partial charge in [-0.1, -0.05) is 42.5 Å². The van der Waals surface area contributed by atoms with Crippen molar-refractivity contribution in [1.29, 1.82) is 0 Å². The molecule has 0 saturated heterocycles. The van der Waals surface area contributed by atoms with Crippen LogP contribution in [0.15, 0.2) is 67.0 Å². The first-order valence-electron chi connectivity index (χ1n) is 8.68. The number of amides is 1. The van der Waals surface area contributed by atoms with Gasteiger partial charge in [-0.3, -0.25) is 9.78 Å². The predicted molar refractivity (Wildman–Crippen MR) is 105 cm³/mol. The minimum Gasteiger partial charge on any atom is -0.369 e. The average molecular weight is 346 g/mol. The minimum atomic E-state index is -0.0953. The Bertz CT molecular complexity index is 865. The number of hydrogen-bond donors (Lipinski definition) is 2. The smallest absolute Gasteiger partial charge is 0.221 e. The highest BCUT2D eigenvalue weighted by Crippen LogP contribution is 2.21. The van der Waals surface area contributed by atoms with Crippen molar-refractivity contribution >= 4 is 17.4 Å². The molecule has 1 heterocycles. The van der Waals surface area contributed by atoms with Crippen LogP contribution in [0.5, 0.6) is 0 Å². The number of nitrogens with zero attached hydrogens (tertiary/aromatic N) is 2. The van der Waals surface area contributed by atoms with Gasteiger partial charge >= 0.3 is 0 Å². The summed E-state index contributed by atoms with van der Waals surface area (Å²) in [5.41, 5.74) is 3.77. The molecular weight excluding hydrogens is 324 g/mol. The summed E-state index contributed by atoms with van der Waals surface area (Å²) in [6.07, 6.45) is 5.50. The second-order valence-electron chi connectivity index (χ2n) is 6.07. The molecule has 2 aromatic carbocycles. The maximum Gasteiger partial charge on any atom is 0.221 e. The van der Waals surface area contributed by atoms with E-state index in [1.807, 2.05) is 30.3 Å². The van der Waals surface area contributed by atoms with Crippen LogP contribution in [0.4, 0.5) is 11.5 Å². The predicted octanol–water partition coefficient (Wildman–Crippen LogP) is 4.15. The number of aryl methyl sites for hydroxylation is 1. The van der Waals surface area contributed by atoms with Crippen LogP contribution < -0.4 is 10.6 Å². The van der Waals surface area contributed by atoms with E-state index in [1.165, 1.54) is 12.5 Å². The maximum absolute atomic E-state index is 11.2. The fourth-order valence-electron chi connectivity index (χ4n) is 2.70. The summed E-state index contributed by atoms with van der Waals surface area (Å²) in [5.74, 6) is 0.655. The molecule has 0 fully saturated rings. The molecular formula is C21H22N4O. The Balaban J connectivity index is 1.60. The highest BCUT2D eigenvalue weighted by Gasteiger charge is 2.04. The normalized spacial score (nSPS) is 10.3. The molecule has 1 amide bonds. The molecule has 0 unspecified atom stereocenters. The lowest BCUT2D eigenvalue weighted by Crippen LogP contribution is -2.06. The minimum absolute atomic E-state index is 0.0953. The van der Waals surface area contributed by atoms with Gasteiger partial charge in [-0.2, -0.15) is 0 Å². The van der Waals surface area contributed by atoms with Crippen molar-refractivity contribution in [3.63, 3.8) is 0 Å². The van der Waals surface area contributed by atoms with Crippen LogP contribution in [0, 0.1) is 0 Å². The van der Waals surface area contributed by atoms with Crippen LogP contribution in [-0.4, -0.2) is 22.4 Å². The van der Waals surface area contributed by atoms with Gasteiger partial charge in [-0.05, 0) is 30.5 Å². The Morgan fingerprint density at radius 3 is 2.69 bits per heavy atom. The van der Waals surface area contributed by atoms with Crippen molar-refractivity contribution in [2.45, 2.75) is 19.8 Å². The first kappa shape index (κ1) is 17.6. The molecule has 0 aliphatic rings. The Morgan fingerprint density at radius 2 is 1.88 bits per heavy atom. The molecule has 5 nitrogen and oxygen atoms in total. The topological polar surface area (TPSA) is 66.9 Å². The first-order chi connectivity index (χ1) is 12.7. The van der Waals surface area contributed by atoms with Gasteiger partial charge < -0.3 is 10.6 Å². The molecule has 0 radical (unpaired) electrons. The third kappa shape index (κ3) is 5.14. The lowest BCUT2D eigenvalue weighted by atomic mass is 10.1. The first-order valence-corrected chi connectivity index (χ1v) is 8.68. The number of hydrogen-bond acceptors (Lipinski definition) is 4. The second kappa shape index (κ2) is 8.76. The number of anilines is 2. The summed E-state index contributed by atoms with van der Waals surface area (Å²) in [4.78, 5) is 20.1. The summed E-state index contributed by atoms with van der Waals surface area (Å²) < 4.78 is 0. The highest BCUT2D eigenvalue weighted by atomic mass is 16.1. The summed E-state index contributed by atoms with van der Waals surface area (Å²) in [6.45, 7) is 2.32. The van der Waals surface area contributed by atoms with E-state index in [0.717, 1.165) is 42.1 Å². The van der Waals surface area contributed by atoms with Gasteiger partial charge in [0.05, 0.1) is 18.1 Å². The second-order valence-corrected chi connectivity index (χ2v) is 6.07. The van der Waals surface area contributed by atoms with Gasteiger partial charge in [0.2, 0.25) is 5.91 Å². The molecule has 2 N–H and O–H groups in total. The monoisotopic (exact) mass is 346 g/mol. The molecule has 0 spiro atoms. The maximum atomic E-state index is 11.2. The van der Waals surface area contributed by atoms with Crippen molar-refractivity contribution in [3.05, 3.63) is 72.6 Å².